The molecule has 0 spiro atoms. The normalized spacial score (nSPS) is 25.3. The summed E-state index contributed by atoms with van der Waals surface area (Å²) < 4.78 is 64.8. The highest BCUT2D eigenvalue weighted by Crippen LogP contribution is 2.30. The number of halogens is 1. The van der Waals surface area contributed by atoms with Crippen LogP contribution < -0.4 is 0 Å². The van der Waals surface area contributed by atoms with E-state index in [9.17, 15) is 26.0 Å². The van der Waals surface area contributed by atoms with Gasteiger partial charge in [-0.2, -0.15) is 4.31 Å². The van der Waals surface area contributed by atoms with Crippen LogP contribution in [0.5, 0.6) is 0 Å². The average Bonchev–Trinajstić information content (AvgIpc) is 3.22. The molecule has 8 nitrogen and oxygen atoms in total. The smallest absolute Gasteiger partial charge is 0.255 e. The zero-order valence-corrected chi connectivity index (χ0v) is 17.4. The van der Waals surface area contributed by atoms with Crippen molar-refractivity contribution < 1.29 is 26.0 Å². The lowest BCUT2D eigenvalue weighted by Crippen LogP contribution is -2.56. The van der Waals surface area contributed by atoms with E-state index < -0.39 is 48.6 Å². The highest BCUT2D eigenvalue weighted by molar-refractivity contribution is 7.91. The van der Waals surface area contributed by atoms with Crippen molar-refractivity contribution in [2.24, 2.45) is 0 Å². The summed E-state index contributed by atoms with van der Waals surface area (Å²) in [4.78, 5) is 12.8. The molecule has 2 saturated heterocycles. The third-order valence-electron chi connectivity index (χ3n) is 5.12. The third kappa shape index (κ3) is 3.93. The Morgan fingerprint density at radius 3 is 2.46 bits per heavy atom. The molecule has 28 heavy (non-hydrogen) atoms. The second-order valence-corrected chi connectivity index (χ2v) is 11.4. The summed E-state index contributed by atoms with van der Waals surface area (Å²) in [5, 5.41) is 2.84. The standard InChI is InChI=1S/C17H24FN3O5S2/c1-19(2)21(13-9-11-27(23,24)12-13)17(22)15-7-5-10-20(15)28(25,26)16-8-4-3-6-14(16)18/h3-4,6,8,13,15H,5,7,9-12H2,1-2H3/t13-,15-/m0/s1. The van der Waals surface area contributed by atoms with Crippen molar-refractivity contribution >= 4 is 25.8 Å². The van der Waals surface area contributed by atoms with Gasteiger partial charge in [-0.25, -0.2) is 26.2 Å². The molecule has 0 aliphatic carbocycles. The maximum absolute atomic E-state index is 14.1. The third-order valence-corrected chi connectivity index (χ3v) is 8.81. The fourth-order valence-corrected chi connectivity index (χ4v) is 7.29. The molecule has 0 bridgehead atoms. The van der Waals surface area contributed by atoms with Gasteiger partial charge in [0.1, 0.15) is 16.8 Å². The molecule has 2 aliphatic heterocycles. The Balaban J connectivity index is 1.91. The number of rotatable bonds is 5. The van der Waals surface area contributed by atoms with Crippen LogP contribution in [0.15, 0.2) is 29.2 Å². The van der Waals surface area contributed by atoms with Crippen molar-refractivity contribution in [1.29, 1.82) is 0 Å². The number of nitrogens with zero attached hydrogens (tertiary/aromatic N) is 3. The van der Waals surface area contributed by atoms with Gasteiger partial charge in [0.2, 0.25) is 10.0 Å². The maximum atomic E-state index is 14.1. The minimum absolute atomic E-state index is 0.00278. The van der Waals surface area contributed by atoms with Gasteiger partial charge >= 0.3 is 0 Å². The molecule has 2 fully saturated rings. The Kier molecular flexibility index (Phi) is 5.81. The molecule has 1 amide bonds. The molecule has 3 rings (SSSR count). The van der Waals surface area contributed by atoms with Crippen molar-refractivity contribution in [1.82, 2.24) is 14.3 Å². The van der Waals surface area contributed by atoms with Crippen LogP contribution in [0.4, 0.5) is 4.39 Å². The molecule has 0 N–H and O–H groups in total. The summed E-state index contributed by atoms with van der Waals surface area (Å²) in [7, 11) is -4.18. The predicted molar refractivity (Wildman–Crippen MR) is 101 cm³/mol. The van der Waals surface area contributed by atoms with E-state index in [0.29, 0.717) is 19.3 Å². The SMILES string of the molecule is CN(C)N(C(=O)[C@@H]1CCCN1S(=O)(=O)c1ccccc1F)[C@H]1CCS(=O)(=O)C1. The molecule has 1 aromatic carbocycles. The van der Waals surface area contributed by atoms with Gasteiger partial charge in [0, 0.05) is 20.6 Å². The first-order valence-electron chi connectivity index (χ1n) is 9.02. The fourth-order valence-electron chi connectivity index (χ4n) is 3.88. The van der Waals surface area contributed by atoms with Crippen LogP contribution in [0, 0.1) is 5.82 Å². The van der Waals surface area contributed by atoms with Gasteiger partial charge in [0.25, 0.3) is 5.91 Å². The van der Waals surface area contributed by atoms with E-state index in [0.717, 1.165) is 10.4 Å². The number of carbonyl (C=O) groups is 1. The zero-order valence-electron chi connectivity index (χ0n) is 15.8. The lowest BCUT2D eigenvalue weighted by molar-refractivity contribution is -0.152. The molecule has 11 heteroatoms. The first kappa shape index (κ1) is 21.2. The van der Waals surface area contributed by atoms with Crippen molar-refractivity contribution in [2.75, 3.05) is 32.1 Å². The first-order valence-corrected chi connectivity index (χ1v) is 12.3. The van der Waals surface area contributed by atoms with Gasteiger partial charge in [-0.1, -0.05) is 12.1 Å². The Morgan fingerprint density at radius 1 is 1.21 bits per heavy atom. The van der Waals surface area contributed by atoms with E-state index in [1.54, 1.807) is 14.1 Å². The Labute approximate surface area is 164 Å². The number of sulfone groups is 1. The summed E-state index contributed by atoms with van der Waals surface area (Å²) in [6.45, 7) is 0.108. The molecule has 2 heterocycles. The summed E-state index contributed by atoms with van der Waals surface area (Å²) in [5.41, 5.74) is 0. The van der Waals surface area contributed by atoms with Gasteiger partial charge in [0.05, 0.1) is 17.5 Å². The van der Waals surface area contributed by atoms with E-state index in [4.69, 9.17) is 0 Å². The van der Waals surface area contributed by atoms with Crippen LogP contribution in [-0.4, -0.2) is 81.3 Å². The minimum Gasteiger partial charge on any atom is -0.272 e. The second kappa shape index (κ2) is 7.69. The van der Waals surface area contributed by atoms with Crippen LogP contribution in [-0.2, 0) is 24.7 Å². The van der Waals surface area contributed by atoms with Crippen molar-refractivity contribution in [3.05, 3.63) is 30.1 Å². The van der Waals surface area contributed by atoms with E-state index in [-0.39, 0.29) is 18.1 Å². The monoisotopic (exact) mass is 433 g/mol. The van der Waals surface area contributed by atoms with Gasteiger partial charge < -0.3 is 0 Å². The van der Waals surface area contributed by atoms with Crippen molar-refractivity contribution in [3.8, 4) is 0 Å². The number of hydrogen-bond donors (Lipinski definition) is 0. The lowest BCUT2D eigenvalue weighted by Gasteiger charge is -2.37. The van der Waals surface area contributed by atoms with Crippen LogP contribution in [0.25, 0.3) is 0 Å². The zero-order chi connectivity index (χ0) is 20.7. The van der Waals surface area contributed by atoms with E-state index in [1.165, 1.54) is 28.2 Å². The first-order chi connectivity index (χ1) is 13.0. The highest BCUT2D eigenvalue weighted by Gasteiger charge is 2.45. The lowest BCUT2D eigenvalue weighted by atomic mass is 10.1. The molecular weight excluding hydrogens is 409 g/mol. The van der Waals surface area contributed by atoms with Crippen molar-refractivity contribution in [2.45, 2.75) is 36.2 Å². The molecule has 0 unspecified atom stereocenters. The van der Waals surface area contributed by atoms with Crippen LogP contribution in [0.3, 0.4) is 0 Å². The number of amides is 1. The van der Waals surface area contributed by atoms with E-state index >= 15 is 0 Å². The minimum atomic E-state index is -4.20. The fraction of sp³-hybridized carbons (Fsp3) is 0.588. The molecule has 1 aromatic rings. The van der Waals surface area contributed by atoms with E-state index in [1.807, 2.05) is 0 Å². The summed E-state index contributed by atoms with van der Waals surface area (Å²) in [6, 6.07) is 3.54. The van der Waals surface area contributed by atoms with Crippen LogP contribution in [0.2, 0.25) is 0 Å². The predicted octanol–water partition coefficient (Wildman–Crippen LogP) is 0.471. The van der Waals surface area contributed by atoms with E-state index in [2.05, 4.69) is 0 Å². The number of hydrazine groups is 1. The second-order valence-electron chi connectivity index (χ2n) is 7.29. The Bertz CT molecular complexity index is 965. The quantitative estimate of drug-likeness (QED) is 0.627. The Morgan fingerprint density at radius 2 is 1.89 bits per heavy atom. The summed E-state index contributed by atoms with van der Waals surface area (Å²) >= 11 is 0. The average molecular weight is 434 g/mol. The molecule has 2 aliphatic rings. The molecule has 0 saturated carbocycles. The van der Waals surface area contributed by atoms with Gasteiger partial charge in [-0.15, -0.1) is 0 Å². The van der Waals surface area contributed by atoms with Gasteiger partial charge in [0.15, 0.2) is 9.84 Å². The number of hydrogen-bond acceptors (Lipinski definition) is 6. The van der Waals surface area contributed by atoms with Gasteiger partial charge in [-0.3, -0.25) is 9.80 Å². The molecule has 156 valence electrons. The summed E-state index contributed by atoms with van der Waals surface area (Å²) in [6.07, 6.45) is 1.07. The highest BCUT2D eigenvalue weighted by atomic mass is 32.2. The van der Waals surface area contributed by atoms with Crippen molar-refractivity contribution in [3.63, 3.8) is 0 Å². The molecular formula is C17H24FN3O5S2. The molecule has 0 aromatic heterocycles. The maximum Gasteiger partial charge on any atom is 0.255 e. The summed E-state index contributed by atoms with van der Waals surface area (Å²) in [5.74, 6) is -1.50. The number of benzene rings is 1. The number of sulfonamides is 1. The molecule has 2 atom stereocenters. The van der Waals surface area contributed by atoms with Crippen LogP contribution in [0.1, 0.15) is 19.3 Å². The molecule has 0 radical (unpaired) electrons. The topological polar surface area (TPSA) is 95.1 Å². The largest absolute Gasteiger partial charge is 0.272 e. The van der Waals surface area contributed by atoms with Crippen LogP contribution >= 0.6 is 0 Å². The Hall–Kier alpha value is -1.56. The van der Waals surface area contributed by atoms with Gasteiger partial charge in [-0.05, 0) is 31.4 Å². The number of carbonyl (C=O) groups excluding carboxylic acids is 1.